The second-order valence-electron chi connectivity index (χ2n) is 5.12. The van der Waals surface area contributed by atoms with Gasteiger partial charge >= 0.3 is 5.97 Å². The lowest BCUT2D eigenvalue weighted by atomic mass is 10.2. The van der Waals surface area contributed by atoms with Crippen LogP contribution in [-0.2, 0) is 11.3 Å². The summed E-state index contributed by atoms with van der Waals surface area (Å²) < 4.78 is 16.0. The van der Waals surface area contributed by atoms with Crippen LogP contribution in [-0.4, -0.2) is 19.2 Å². The molecule has 22 heavy (non-hydrogen) atoms. The van der Waals surface area contributed by atoms with Crippen molar-refractivity contribution in [2.75, 3.05) is 7.11 Å². The summed E-state index contributed by atoms with van der Waals surface area (Å²) >= 11 is 0. The number of esters is 1. The molecule has 4 heteroatoms. The number of carbonyl (C=O) groups is 1. The van der Waals surface area contributed by atoms with E-state index in [2.05, 4.69) is 0 Å². The van der Waals surface area contributed by atoms with Crippen LogP contribution >= 0.6 is 0 Å². The minimum atomic E-state index is -0.374. The molecule has 0 saturated carbocycles. The largest absolute Gasteiger partial charge is 0.491 e. The lowest BCUT2D eigenvalue weighted by Gasteiger charge is -2.11. The van der Waals surface area contributed by atoms with Crippen LogP contribution in [0.25, 0.3) is 0 Å². The molecule has 0 bridgehead atoms. The number of rotatable bonds is 6. The quantitative estimate of drug-likeness (QED) is 0.760. The van der Waals surface area contributed by atoms with Crippen molar-refractivity contribution in [3.63, 3.8) is 0 Å². The van der Waals surface area contributed by atoms with E-state index in [0.29, 0.717) is 17.9 Å². The predicted octanol–water partition coefficient (Wildman–Crippen LogP) is 3.84. The van der Waals surface area contributed by atoms with Crippen LogP contribution in [0, 0.1) is 0 Å². The molecule has 0 aliphatic rings. The monoisotopic (exact) mass is 300 g/mol. The minimum absolute atomic E-state index is 0.156. The van der Waals surface area contributed by atoms with Gasteiger partial charge in [0.1, 0.15) is 18.1 Å². The van der Waals surface area contributed by atoms with Crippen LogP contribution in [0.1, 0.15) is 29.8 Å². The molecule has 0 spiro atoms. The highest BCUT2D eigenvalue weighted by Crippen LogP contribution is 2.18. The van der Waals surface area contributed by atoms with Gasteiger partial charge < -0.3 is 14.2 Å². The Morgan fingerprint density at radius 2 is 1.77 bits per heavy atom. The molecule has 2 rings (SSSR count). The van der Waals surface area contributed by atoms with E-state index in [9.17, 15) is 4.79 Å². The smallest absolute Gasteiger partial charge is 0.337 e. The Labute approximate surface area is 130 Å². The van der Waals surface area contributed by atoms with Crippen LogP contribution in [0.3, 0.4) is 0 Å². The molecule has 2 aromatic rings. The van der Waals surface area contributed by atoms with Gasteiger partial charge in [-0.15, -0.1) is 0 Å². The van der Waals surface area contributed by atoms with Gasteiger partial charge in [-0.1, -0.05) is 18.2 Å². The number of methoxy groups -OCH3 is 1. The van der Waals surface area contributed by atoms with Gasteiger partial charge in [0.15, 0.2) is 0 Å². The van der Waals surface area contributed by atoms with Crippen molar-refractivity contribution in [3.8, 4) is 11.5 Å². The number of carbonyl (C=O) groups excluding carboxylic acids is 1. The van der Waals surface area contributed by atoms with Gasteiger partial charge in [-0.3, -0.25) is 0 Å². The van der Waals surface area contributed by atoms with Crippen molar-refractivity contribution in [2.24, 2.45) is 0 Å². The van der Waals surface area contributed by atoms with Crippen molar-refractivity contribution >= 4 is 5.97 Å². The summed E-state index contributed by atoms with van der Waals surface area (Å²) in [5, 5.41) is 0. The van der Waals surface area contributed by atoms with Crippen molar-refractivity contribution in [3.05, 3.63) is 59.7 Å². The molecule has 0 aromatic heterocycles. The molecule has 0 radical (unpaired) electrons. The topological polar surface area (TPSA) is 44.8 Å². The number of benzene rings is 2. The SMILES string of the molecule is COC(=O)c1cccc(OCc2ccc(OC(C)C)cc2)c1. The first-order chi connectivity index (χ1) is 10.6. The summed E-state index contributed by atoms with van der Waals surface area (Å²) in [6.45, 7) is 4.41. The summed E-state index contributed by atoms with van der Waals surface area (Å²) in [5.74, 6) is 1.09. The van der Waals surface area contributed by atoms with Gasteiger partial charge in [0.25, 0.3) is 0 Å². The van der Waals surface area contributed by atoms with Crippen molar-refractivity contribution < 1.29 is 19.0 Å². The van der Waals surface area contributed by atoms with E-state index in [4.69, 9.17) is 14.2 Å². The second-order valence-corrected chi connectivity index (χ2v) is 5.12. The van der Waals surface area contributed by atoms with E-state index in [1.807, 2.05) is 44.2 Å². The Morgan fingerprint density at radius 3 is 2.41 bits per heavy atom. The lowest BCUT2D eigenvalue weighted by molar-refractivity contribution is 0.0600. The number of ether oxygens (including phenoxy) is 3. The summed E-state index contributed by atoms with van der Waals surface area (Å²) in [5.41, 5.74) is 1.50. The maximum atomic E-state index is 11.5. The van der Waals surface area contributed by atoms with Gasteiger partial charge in [0.2, 0.25) is 0 Å². The second kappa shape index (κ2) is 7.50. The Balaban J connectivity index is 1.96. The molecule has 0 N–H and O–H groups in total. The Kier molecular flexibility index (Phi) is 5.42. The average molecular weight is 300 g/mol. The first kappa shape index (κ1) is 15.9. The van der Waals surface area contributed by atoms with Crippen LogP contribution in [0.4, 0.5) is 0 Å². The summed E-state index contributed by atoms with van der Waals surface area (Å²) in [4.78, 5) is 11.5. The van der Waals surface area contributed by atoms with E-state index in [0.717, 1.165) is 11.3 Å². The normalized spacial score (nSPS) is 10.4. The zero-order chi connectivity index (χ0) is 15.9. The lowest BCUT2D eigenvalue weighted by Crippen LogP contribution is -2.05. The first-order valence-electron chi connectivity index (χ1n) is 7.15. The molecule has 0 unspecified atom stereocenters. The third-order valence-corrected chi connectivity index (χ3v) is 2.96. The zero-order valence-corrected chi connectivity index (χ0v) is 13.0. The van der Waals surface area contributed by atoms with Crippen molar-refractivity contribution in [1.82, 2.24) is 0 Å². The molecule has 0 aliphatic carbocycles. The molecule has 0 fully saturated rings. The predicted molar refractivity (Wildman–Crippen MR) is 84.3 cm³/mol. The highest BCUT2D eigenvalue weighted by atomic mass is 16.5. The molecule has 0 amide bonds. The first-order valence-corrected chi connectivity index (χ1v) is 7.15. The fourth-order valence-electron chi connectivity index (χ4n) is 1.93. The average Bonchev–Trinajstić information content (AvgIpc) is 2.53. The molecule has 0 atom stereocenters. The summed E-state index contributed by atoms with van der Waals surface area (Å²) in [6.07, 6.45) is 0.156. The van der Waals surface area contributed by atoms with Crippen molar-refractivity contribution in [1.29, 1.82) is 0 Å². The molecular formula is C18H20O4. The molecule has 0 aliphatic heterocycles. The fourth-order valence-corrected chi connectivity index (χ4v) is 1.93. The molecule has 2 aromatic carbocycles. The summed E-state index contributed by atoms with van der Waals surface area (Å²) in [6, 6.07) is 14.7. The van der Waals surface area contributed by atoms with Gasteiger partial charge in [0, 0.05) is 0 Å². The van der Waals surface area contributed by atoms with Crippen LogP contribution in [0.2, 0.25) is 0 Å². The number of hydrogen-bond donors (Lipinski definition) is 0. The molecule has 0 heterocycles. The standard InChI is InChI=1S/C18H20O4/c1-13(2)22-16-9-7-14(8-10-16)12-21-17-6-4-5-15(11-17)18(19)20-3/h4-11,13H,12H2,1-3H3. The van der Waals surface area contributed by atoms with Gasteiger partial charge in [0.05, 0.1) is 18.8 Å². The third-order valence-electron chi connectivity index (χ3n) is 2.96. The van der Waals surface area contributed by atoms with E-state index in [1.165, 1.54) is 7.11 Å². The van der Waals surface area contributed by atoms with E-state index in [-0.39, 0.29) is 12.1 Å². The highest BCUT2D eigenvalue weighted by Gasteiger charge is 2.06. The Hall–Kier alpha value is -2.49. The minimum Gasteiger partial charge on any atom is -0.491 e. The summed E-state index contributed by atoms with van der Waals surface area (Å²) in [7, 11) is 1.36. The maximum absolute atomic E-state index is 11.5. The number of hydrogen-bond acceptors (Lipinski definition) is 4. The molecule has 4 nitrogen and oxygen atoms in total. The van der Waals surface area contributed by atoms with Crippen LogP contribution < -0.4 is 9.47 Å². The van der Waals surface area contributed by atoms with Gasteiger partial charge in [-0.05, 0) is 49.7 Å². The highest BCUT2D eigenvalue weighted by molar-refractivity contribution is 5.89. The Morgan fingerprint density at radius 1 is 1.05 bits per heavy atom. The fraction of sp³-hybridized carbons (Fsp3) is 0.278. The van der Waals surface area contributed by atoms with Crippen molar-refractivity contribution in [2.45, 2.75) is 26.6 Å². The van der Waals surface area contributed by atoms with Crippen LogP contribution in [0.15, 0.2) is 48.5 Å². The van der Waals surface area contributed by atoms with Crippen LogP contribution in [0.5, 0.6) is 11.5 Å². The molecule has 0 saturated heterocycles. The van der Waals surface area contributed by atoms with Gasteiger partial charge in [-0.25, -0.2) is 4.79 Å². The van der Waals surface area contributed by atoms with E-state index < -0.39 is 0 Å². The van der Waals surface area contributed by atoms with E-state index in [1.54, 1.807) is 18.2 Å². The van der Waals surface area contributed by atoms with E-state index >= 15 is 0 Å². The van der Waals surface area contributed by atoms with Gasteiger partial charge in [-0.2, -0.15) is 0 Å². The Bertz CT molecular complexity index is 617. The maximum Gasteiger partial charge on any atom is 0.337 e. The molecular weight excluding hydrogens is 280 g/mol. The third kappa shape index (κ3) is 4.52. The zero-order valence-electron chi connectivity index (χ0n) is 13.0. The molecule has 116 valence electrons.